The van der Waals surface area contributed by atoms with Crippen molar-refractivity contribution in [3.63, 3.8) is 0 Å². The van der Waals surface area contributed by atoms with E-state index in [0.29, 0.717) is 31.5 Å². The first-order valence-electron chi connectivity index (χ1n) is 11.7. The SMILES string of the molecule is CC(C)N(C)[C@@H]1CC[C@H](NC(=O)CNC(=O)c2cccc(C(F)(F)F)c2)[C@H](CCN(C)C(=O)O)C1. The maximum atomic E-state index is 12.9. The molecule has 1 saturated carbocycles. The van der Waals surface area contributed by atoms with Gasteiger partial charge in [0.15, 0.2) is 0 Å². The van der Waals surface area contributed by atoms with Gasteiger partial charge in [-0.2, -0.15) is 13.2 Å². The van der Waals surface area contributed by atoms with Crippen LogP contribution in [0, 0.1) is 5.92 Å². The number of carbonyl (C=O) groups excluding carboxylic acids is 2. The Morgan fingerprint density at radius 3 is 2.46 bits per heavy atom. The van der Waals surface area contributed by atoms with Crippen molar-refractivity contribution < 1.29 is 32.7 Å². The molecule has 11 heteroatoms. The molecule has 0 heterocycles. The monoisotopic (exact) mass is 500 g/mol. The Morgan fingerprint density at radius 1 is 1.17 bits per heavy atom. The first-order chi connectivity index (χ1) is 16.3. The van der Waals surface area contributed by atoms with Crippen molar-refractivity contribution in [3.8, 4) is 0 Å². The minimum Gasteiger partial charge on any atom is -0.465 e. The average molecular weight is 501 g/mol. The van der Waals surface area contributed by atoms with Gasteiger partial charge in [-0.3, -0.25) is 9.59 Å². The van der Waals surface area contributed by atoms with Gasteiger partial charge in [-0.25, -0.2) is 4.79 Å². The highest BCUT2D eigenvalue weighted by Crippen LogP contribution is 2.31. The summed E-state index contributed by atoms with van der Waals surface area (Å²) in [6.07, 6.45) is -2.65. The van der Waals surface area contributed by atoms with Gasteiger partial charge in [-0.1, -0.05) is 6.07 Å². The van der Waals surface area contributed by atoms with Gasteiger partial charge in [0.05, 0.1) is 12.1 Å². The Balaban J connectivity index is 1.98. The smallest absolute Gasteiger partial charge is 0.416 e. The second kappa shape index (κ2) is 12.2. The summed E-state index contributed by atoms with van der Waals surface area (Å²) in [7, 11) is 3.55. The van der Waals surface area contributed by atoms with Crippen LogP contribution >= 0.6 is 0 Å². The van der Waals surface area contributed by atoms with Gasteiger partial charge in [-0.15, -0.1) is 0 Å². The molecule has 2 rings (SSSR count). The van der Waals surface area contributed by atoms with Crippen molar-refractivity contribution in [2.45, 2.75) is 63.8 Å². The van der Waals surface area contributed by atoms with E-state index >= 15 is 0 Å². The van der Waals surface area contributed by atoms with E-state index in [0.717, 1.165) is 31.0 Å². The largest absolute Gasteiger partial charge is 0.465 e. The van der Waals surface area contributed by atoms with Crippen LogP contribution in [0.3, 0.4) is 0 Å². The number of amides is 3. The number of carboxylic acid groups (broad SMARTS) is 1. The topological polar surface area (TPSA) is 102 Å². The molecule has 0 radical (unpaired) electrons. The van der Waals surface area contributed by atoms with E-state index in [1.165, 1.54) is 18.0 Å². The lowest BCUT2D eigenvalue weighted by atomic mass is 9.78. The number of halogens is 3. The molecule has 0 aliphatic heterocycles. The summed E-state index contributed by atoms with van der Waals surface area (Å²) in [5.41, 5.74) is -1.12. The van der Waals surface area contributed by atoms with Crippen molar-refractivity contribution >= 4 is 17.9 Å². The molecule has 1 aromatic rings. The van der Waals surface area contributed by atoms with Crippen LogP contribution < -0.4 is 10.6 Å². The molecule has 35 heavy (non-hydrogen) atoms. The van der Waals surface area contributed by atoms with E-state index in [1.807, 2.05) is 0 Å². The molecule has 0 spiro atoms. The fourth-order valence-corrected chi connectivity index (χ4v) is 4.35. The number of hydrogen-bond acceptors (Lipinski definition) is 4. The van der Waals surface area contributed by atoms with Crippen molar-refractivity contribution in [2.75, 3.05) is 27.2 Å². The van der Waals surface area contributed by atoms with E-state index < -0.39 is 29.6 Å². The quantitative estimate of drug-likeness (QED) is 0.482. The van der Waals surface area contributed by atoms with E-state index in [9.17, 15) is 27.6 Å². The van der Waals surface area contributed by atoms with Gasteiger partial charge in [0, 0.05) is 37.3 Å². The zero-order chi connectivity index (χ0) is 26.3. The number of rotatable bonds is 9. The highest BCUT2D eigenvalue weighted by Gasteiger charge is 2.34. The third-order valence-corrected chi connectivity index (χ3v) is 6.72. The third-order valence-electron chi connectivity index (χ3n) is 6.72. The van der Waals surface area contributed by atoms with E-state index in [4.69, 9.17) is 5.11 Å². The minimum atomic E-state index is -4.57. The molecule has 3 N–H and O–H groups in total. The van der Waals surface area contributed by atoms with Gasteiger partial charge in [0.2, 0.25) is 5.91 Å². The minimum absolute atomic E-state index is 0.0415. The summed E-state index contributed by atoms with van der Waals surface area (Å²) in [5.74, 6) is -1.17. The van der Waals surface area contributed by atoms with Crippen LogP contribution in [-0.4, -0.2) is 78.1 Å². The highest BCUT2D eigenvalue weighted by molar-refractivity contribution is 5.96. The number of carbonyl (C=O) groups is 3. The van der Waals surface area contributed by atoms with E-state index in [2.05, 4.69) is 36.4 Å². The van der Waals surface area contributed by atoms with Gasteiger partial charge < -0.3 is 25.5 Å². The number of nitrogens with one attached hydrogen (secondary N) is 2. The van der Waals surface area contributed by atoms with Crippen molar-refractivity contribution in [1.82, 2.24) is 20.4 Å². The first kappa shape index (κ1) is 28.4. The fourth-order valence-electron chi connectivity index (χ4n) is 4.35. The maximum absolute atomic E-state index is 12.9. The van der Waals surface area contributed by atoms with Crippen LogP contribution in [0.25, 0.3) is 0 Å². The number of hydrogen-bond donors (Lipinski definition) is 3. The van der Waals surface area contributed by atoms with Crippen LogP contribution in [0.15, 0.2) is 24.3 Å². The molecular formula is C24H35F3N4O4. The Morgan fingerprint density at radius 2 is 1.86 bits per heavy atom. The molecule has 1 aliphatic carbocycles. The summed E-state index contributed by atoms with van der Waals surface area (Å²) in [5, 5.41) is 14.5. The van der Waals surface area contributed by atoms with Crippen LogP contribution in [0.4, 0.5) is 18.0 Å². The predicted molar refractivity (Wildman–Crippen MR) is 125 cm³/mol. The molecule has 0 bridgehead atoms. The summed E-state index contributed by atoms with van der Waals surface area (Å²) in [4.78, 5) is 39.5. The zero-order valence-electron chi connectivity index (χ0n) is 20.6. The second-order valence-corrected chi connectivity index (χ2v) is 9.41. The van der Waals surface area contributed by atoms with Crippen LogP contribution in [0.2, 0.25) is 0 Å². The fraction of sp³-hybridized carbons (Fsp3) is 0.625. The molecule has 1 aromatic carbocycles. The normalized spacial score (nSPS) is 20.5. The third kappa shape index (κ3) is 8.41. The summed E-state index contributed by atoms with van der Waals surface area (Å²) >= 11 is 0. The second-order valence-electron chi connectivity index (χ2n) is 9.41. The molecular weight excluding hydrogens is 465 g/mol. The molecule has 1 fully saturated rings. The molecule has 8 nitrogen and oxygen atoms in total. The molecule has 3 amide bonds. The molecule has 1 aliphatic rings. The van der Waals surface area contributed by atoms with Gasteiger partial charge in [0.25, 0.3) is 5.91 Å². The number of alkyl halides is 3. The molecule has 3 atom stereocenters. The summed E-state index contributed by atoms with van der Waals surface area (Å²) < 4.78 is 38.7. The Labute approximate surface area is 203 Å². The van der Waals surface area contributed by atoms with Crippen LogP contribution in [-0.2, 0) is 11.0 Å². The summed E-state index contributed by atoms with van der Waals surface area (Å²) in [6.45, 7) is 4.17. The molecule has 196 valence electrons. The number of nitrogens with zero attached hydrogens (tertiary/aromatic N) is 2. The molecule has 0 aromatic heterocycles. The zero-order valence-corrected chi connectivity index (χ0v) is 20.6. The van der Waals surface area contributed by atoms with Crippen molar-refractivity contribution in [1.29, 1.82) is 0 Å². The van der Waals surface area contributed by atoms with E-state index in [1.54, 1.807) is 0 Å². The average Bonchev–Trinajstić information content (AvgIpc) is 2.80. The molecule has 0 saturated heterocycles. The highest BCUT2D eigenvalue weighted by atomic mass is 19.4. The standard InChI is InChI=1S/C24H35F3N4O4/c1-15(2)31(4)19-8-9-20(16(13-19)10-11-30(3)23(34)35)29-21(32)14-28-22(33)17-6-5-7-18(12-17)24(25,26)27/h5-7,12,15-16,19-20H,8-11,13-14H2,1-4H3,(H,28,33)(H,29,32)(H,34,35)/t16-,19-,20+/m1/s1. The predicted octanol–water partition coefficient (Wildman–Crippen LogP) is 3.43. The molecule has 0 unspecified atom stereocenters. The van der Waals surface area contributed by atoms with Gasteiger partial charge in [-0.05, 0) is 70.7 Å². The van der Waals surface area contributed by atoms with Gasteiger partial charge in [0.1, 0.15) is 0 Å². The summed E-state index contributed by atoms with van der Waals surface area (Å²) in [6, 6.07) is 4.48. The lowest BCUT2D eigenvalue weighted by Gasteiger charge is -2.42. The van der Waals surface area contributed by atoms with Crippen molar-refractivity contribution in [3.05, 3.63) is 35.4 Å². The Hall–Kier alpha value is -2.82. The van der Waals surface area contributed by atoms with Crippen LogP contribution in [0.1, 0.15) is 55.5 Å². The number of benzene rings is 1. The maximum Gasteiger partial charge on any atom is 0.416 e. The first-order valence-corrected chi connectivity index (χ1v) is 11.7. The van der Waals surface area contributed by atoms with Crippen LogP contribution in [0.5, 0.6) is 0 Å². The Kier molecular flexibility index (Phi) is 9.93. The van der Waals surface area contributed by atoms with Gasteiger partial charge >= 0.3 is 12.3 Å². The Bertz CT molecular complexity index is 894. The lowest BCUT2D eigenvalue weighted by Crippen LogP contribution is -2.51. The van der Waals surface area contributed by atoms with E-state index in [-0.39, 0.29) is 24.1 Å². The lowest BCUT2D eigenvalue weighted by molar-refractivity contribution is -0.137. The van der Waals surface area contributed by atoms with Crippen molar-refractivity contribution in [2.24, 2.45) is 5.92 Å².